The first kappa shape index (κ1) is 25.2. The zero-order chi connectivity index (χ0) is 23.6. The SMILES string of the molecule is O=C(O)CCCCCCC1C(=O)N(Cc2ccccc2)C(=O)N1CCC(O)C1CCCCC1. The molecule has 1 aromatic carbocycles. The maximum Gasteiger partial charge on any atom is 0.327 e. The van der Waals surface area contributed by atoms with Crippen molar-refractivity contribution in [2.45, 2.75) is 95.7 Å². The number of aliphatic carboxylic acids is 1. The predicted octanol–water partition coefficient (Wildman–Crippen LogP) is 4.58. The van der Waals surface area contributed by atoms with Gasteiger partial charge in [-0.25, -0.2) is 4.79 Å². The molecule has 0 radical (unpaired) electrons. The van der Waals surface area contributed by atoms with Crippen LogP contribution in [0.15, 0.2) is 30.3 Å². The average Bonchev–Trinajstić information content (AvgIpc) is 3.04. The van der Waals surface area contributed by atoms with Crippen LogP contribution >= 0.6 is 0 Å². The molecule has 7 heteroatoms. The van der Waals surface area contributed by atoms with Gasteiger partial charge in [-0.3, -0.25) is 14.5 Å². The lowest BCUT2D eigenvalue weighted by atomic mass is 9.84. The van der Waals surface area contributed by atoms with Crippen LogP contribution in [0, 0.1) is 5.92 Å². The summed E-state index contributed by atoms with van der Waals surface area (Å²) in [7, 11) is 0. The minimum Gasteiger partial charge on any atom is -0.481 e. The number of amides is 3. The van der Waals surface area contributed by atoms with E-state index in [4.69, 9.17) is 5.11 Å². The van der Waals surface area contributed by atoms with Crippen LogP contribution in [0.1, 0.15) is 82.6 Å². The van der Waals surface area contributed by atoms with Gasteiger partial charge in [0.2, 0.25) is 0 Å². The van der Waals surface area contributed by atoms with Gasteiger partial charge in [0.15, 0.2) is 0 Å². The maximum atomic E-state index is 13.2. The lowest BCUT2D eigenvalue weighted by molar-refractivity contribution is -0.137. The molecule has 2 aliphatic rings. The molecular weight excluding hydrogens is 420 g/mol. The second-order valence-corrected chi connectivity index (χ2v) is 9.50. The highest BCUT2D eigenvalue weighted by Gasteiger charge is 2.44. The highest BCUT2D eigenvalue weighted by atomic mass is 16.4. The van der Waals surface area contributed by atoms with Gasteiger partial charge in [-0.15, -0.1) is 0 Å². The molecule has 1 aromatic rings. The first-order valence-corrected chi connectivity index (χ1v) is 12.5. The van der Waals surface area contributed by atoms with Crippen LogP contribution < -0.4 is 0 Å². The Hall–Kier alpha value is -2.41. The molecule has 1 heterocycles. The van der Waals surface area contributed by atoms with E-state index in [2.05, 4.69) is 0 Å². The Balaban J connectivity index is 1.60. The van der Waals surface area contributed by atoms with E-state index in [-0.39, 0.29) is 24.9 Å². The molecule has 1 aliphatic heterocycles. The molecule has 3 amide bonds. The number of carbonyl (C=O) groups is 3. The number of aliphatic hydroxyl groups is 1. The summed E-state index contributed by atoms with van der Waals surface area (Å²) in [5.74, 6) is -0.660. The smallest absolute Gasteiger partial charge is 0.327 e. The Morgan fingerprint density at radius 1 is 1.00 bits per heavy atom. The Kier molecular flexibility index (Phi) is 9.73. The minimum atomic E-state index is -0.786. The van der Waals surface area contributed by atoms with Crippen LogP contribution in [0.4, 0.5) is 4.79 Å². The highest BCUT2D eigenvalue weighted by Crippen LogP contribution is 2.30. The van der Waals surface area contributed by atoms with Crippen molar-refractivity contribution in [2.24, 2.45) is 5.92 Å². The van der Waals surface area contributed by atoms with Crippen molar-refractivity contribution in [1.82, 2.24) is 9.80 Å². The molecule has 33 heavy (non-hydrogen) atoms. The van der Waals surface area contributed by atoms with Gasteiger partial charge in [0.25, 0.3) is 5.91 Å². The number of unbranched alkanes of at least 4 members (excludes halogenated alkanes) is 3. The van der Waals surface area contributed by atoms with Crippen LogP contribution in [0.2, 0.25) is 0 Å². The van der Waals surface area contributed by atoms with Gasteiger partial charge in [0, 0.05) is 13.0 Å². The summed E-state index contributed by atoms with van der Waals surface area (Å²) in [6.45, 7) is 0.645. The van der Waals surface area contributed by atoms with Crippen molar-refractivity contribution in [3.63, 3.8) is 0 Å². The molecular formula is C26H38N2O5. The molecule has 2 N–H and O–H groups in total. The fraction of sp³-hybridized carbons (Fsp3) is 0.654. The third-order valence-electron chi connectivity index (χ3n) is 7.07. The third kappa shape index (κ3) is 7.29. The number of imide groups is 1. The van der Waals surface area contributed by atoms with Crippen LogP contribution in [-0.2, 0) is 16.1 Å². The van der Waals surface area contributed by atoms with E-state index in [1.54, 1.807) is 4.90 Å². The number of nitrogens with zero attached hydrogens (tertiary/aromatic N) is 2. The largest absolute Gasteiger partial charge is 0.481 e. The number of hydrogen-bond donors (Lipinski definition) is 2. The van der Waals surface area contributed by atoms with Crippen molar-refractivity contribution in [3.8, 4) is 0 Å². The van der Waals surface area contributed by atoms with Gasteiger partial charge in [-0.1, -0.05) is 68.9 Å². The van der Waals surface area contributed by atoms with Crippen molar-refractivity contribution >= 4 is 17.9 Å². The van der Waals surface area contributed by atoms with E-state index in [0.717, 1.165) is 50.5 Å². The first-order chi connectivity index (χ1) is 16.0. The number of carboxylic acid groups (broad SMARTS) is 1. The zero-order valence-corrected chi connectivity index (χ0v) is 19.5. The molecule has 2 atom stereocenters. The second-order valence-electron chi connectivity index (χ2n) is 9.50. The average molecular weight is 459 g/mol. The number of rotatable bonds is 13. The lowest BCUT2D eigenvalue weighted by Crippen LogP contribution is -2.38. The maximum absolute atomic E-state index is 13.2. The number of aliphatic hydroxyl groups excluding tert-OH is 1. The number of carbonyl (C=O) groups excluding carboxylic acids is 2. The van der Waals surface area contributed by atoms with Crippen molar-refractivity contribution in [2.75, 3.05) is 6.54 Å². The standard InChI is InChI=1S/C26H38N2O5/c29-23(21-13-7-4-8-14-21)17-18-27-22(15-9-1-2-10-16-24(30)31)25(32)28(26(27)33)19-20-11-5-3-6-12-20/h3,5-6,11-12,21-23,29H,1-2,4,7-10,13-19H2,(H,30,31). The van der Waals surface area contributed by atoms with Gasteiger partial charge < -0.3 is 15.1 Å². The summed E-state index contributed by atoms with van der Waals surface area (Å²) in [5.41, 5.74) is 0.913. The fourth-order valence-electron chi connectivity index (χ4n) is 5.13. The summed E-state index contributed by atoms with van der Waals surface area (Å²) in [5, 5.41) is 19.5. The first-order valence-electron chi connectivity index (χ1n) is 12.5. The van der Waals surface area contributed by atoms with Gasteiger partial charge >= 0.3 is 12.0 Å². The van der Waals surface area contributed by atoms with Crippen molar-refractivity contribution in [1.29, 1.82) is 0 Å². The van der Waals surface area contributed by atoms with E-state index in [1.165, 1.54) is 11.3 Å². The number of hydrogen-bond acceptors (Lipinski definition) is 4. The third-order valence-corrected chi connectivity index (χ3v) is 7.07. The van der Waals surface area contributed by atoms with Gasteiger partial charge in [0.1, 0.15) is 6.04 Å². The lowest BCUT2D eigenvalue weighted by Gasteiger charge is -2.29. The molecule has 0 aromatic heterocycles. The highest BCUT2D eigenvalue weighted by molar-refractivity contribution is 6.04. The normalized spacial score (nSPS) is 20.5. The molecule has 7 nitrogen and oxygen atoms in total. The monoisotopic (exact) mass is 458 g/mol. The Labute approximate surface area is 196 Å². The molecule has 0 bridgehead atoms. The Morgan fingerprint density at radius 2 is 1.70 bits per heavy atom. The molecule has 182 valence electrons. The summed E-state index contributed by atoms with van der Waals surface area (Å²) in [4.78, 5) is 40.1. The van der Waals surface area contributed by atoms with E-state index < -0.39 is 18.1 Å². The summed E-state index contributed by atoms with van der Waals surface area (Å²) in [6, 6.07) is 8.75. The summed E-state index contributed by atoms with van der Waals surface area (Å²) >= 11 is 0. The van der Waals surface area contributed by atoms with E-state index in [9.17, 15) is 19.5 Å². The molecule has 3 rings (SSSR count). The van der Waals surface area contributed by atoms with E-state index >= 15 is 0 Å². The zero-order valence-electron chi connectivity index (χ0n) is 19.5. The quantitative estimate of drug-likeness (QED) is 0.333. The van der Waals surface area contributed by atoms with Crippen LogP contribution in [0.3, 0.4) is 0 Å². The van der Waals surface area contributed by atoms with Crippen molar-refractivity contribution in [3.05, 3.63) is 35.9 Å². The molecule has 2 unspecified atom stereocenters. The Morgan fingerprint density at radius 3 is 2.39 bits per heavy atom. The summed E-state index contributed by atoms with van der Waals surface area (Å²) < 4.78 is 0. The minimum absolute atomic E-state index is 0.164. The number of urea groups is 1. The predicted molar refractivity (Wildman–Crippen MR) is 125 cm³/mol. The topological polar surface area (TPSA) is 98.2 Å². The van der Waals surface area contributed by atoms with Crippen molar-refractivity contribution < 1.29 is 24.6 Å². The van der Waals surface area contributed by atoms with Crippen LogP contribution in [0.5, 0.6) is 0 Å². The molecule has 0 spiro atoms. The van der Waals surface area contributed by atoms with Crippen LogP contribution in [0.25, 0.3) is 0 Å². The van der Waals surface area contributed by atoms with Gasteiger partial charge in [-0.05, 0) is 43.6 Å². The fourth-order valence-corrected chi connectivity index (χ4v) is 5.13. The number of benzene rings is 1. The van der Waals surface area contributed by atoms with E-state index in [1.807, 2.05) is 30.3 Å². The van der Waals surface area contributed by atoms with Gasteiger partial charge in [0.05, 0.1) is 12.6 Å². The van der Waals surface area contributed by atoms with E-state index in [0.29, 0.717) is 31.7 Å². The molecule has 1 saturated heterocycles. The summed E-state index contributed by atoms with van der Waals surface area (Å²) in [6.07, 6.45) is 9.43. The van der Waals surface area contributed by atoms with Gasteiger partial charge in [-0.2, -0.15) is 0 Å². The van der Waals surface area contributed by atoms with Crippen LogP contribution in [-0.4, -0.2) is 56.6 Å². The molecule has 1 saturated carbocycles. The molecule has 1 aliphatic carbocycles. The molecule has 2 fully saturated rings. The second kappa shape index (κ2) is 12.7. The Bertz CT molecular complexity index is 778. The number of carboxylic acids is 1.